The Morgan fingerprint density at radius 2 is 1.93 bits per heavy atom. The molecule has 2 amide bonds. The zero-order valence-electron chi connectivity index (χ0n) is 16.1. The molecule has 2 heterocycles. The first-order valence-electron chi connectivity index (χ1n) is 10.1. The van der Waals surface area contributed by atoms with Gasteiger partial charge in [0.05, 0.1) is 0 Å². The molecule has 0 aromatic heterocycles. The van der Waals surface area contributed by atoms with Crippen LogP contribution in [-0.2, 0) is 20.8 Å². The van der Waals surface area contributed by atoms with E-state index in [0.717, 1.165) is 18.4 Å². The van der Waals surface area contributed by atoms with Gasteiger partial charge in [-0.1, -0.05) is 30.3 Å². The number of carboxylic acid groups (broad SMARTS) is 1. The number of unbranched alkanes of at least 4 members (excludes halogenated alkanes) is 1. The maximum absolute atomic E-state index is 13.2. The van der Waals surface area contributed by atoms with E-state index in [2.05, 4.69) is 0 Å². The molecule has 28 heavy (non-hydrogen) atoms. The number of fused-ring (bicyclic) bond motifs is 1. The molecule has 1 aromatic carbocycles. The van der Waals surface area contributed by atoms with Crippen LogP contribution in [0.3, 0.4) is 0 Å². The van der Waals surface area contributed by atoms with E-state index in [1.165, 1.54) is 4.90 Å². The minimum atomic E-state index is -1.05. The molecule has 0 aliphatic carbocycles. The zero-order chi connectivity index (χ0) is 20.1. The second-order valence-electron chi connectivity index (χ2n) is 7.61. The molecule has 152 valence electrons. The Kier molecular flexibility index (Phi) is 6.67. The van der Waals surface area contributed by atoms with Gasteiger partial charge in [0.1, 0.15) is 18.1 Å². The van der Waals surface area contributed by atoms with Gasteiger partial charge in [-0.15, -0.1) is 0 Å². The first-order valence-corrected chi connectivity index (χ1v) is 10.1. The van der Waals surface area contributed by atoms with Crippen LogP contribution in [0.25, 0.3) is 0 Å². The van der Waals surface area contributed by atoms with Crippen LogP contribution in [0, 0.1) is 0 Å². The first kappa shape index (κ1) is 20.3. The van der Waals surface area contributed by atoms with Gasteiger partial charge in [-0.05, 0) is 57.1 Å². The van der Waals surface area contributed by atoms with Crippen molar-refractivity contribution in [2.75, 3.05) is 13.1 Å². The Balaban J connectivity index is 1.83. The van der Waals surface area contributed by atoms with Gasteiger partial charge in [-0.25, -0.2) is 4.79 Å². The molecule has 3 atom stereocenters. The normalized spacial score (nSPS) is 23.0. The quantitative estimate of drug-likeness (QED) is 0.624. The van der Waals surface area contributed by atoms with Crippen molar-refractivity contribution in [1.82, 2.24) is 9.80 Å². The van der Waals surface area contributed by atoms with Crippen molar-refractivity contribution < 1.29 is 19.5 Å². The molecular weight excluding hydrogens is 358 g/mol. The van der Waals surface area contributed by atoms with Gasteiger partial charge < -0.3 is 20.6 Å². The van der Waals surface area contributed by atoms with Crippen molar-refractivity contribution in [1.29, 1.82) is 0 Å². The third kappa shape index (κ3) is 4.19. The molecule has 1 unspecified atom stereocenters. The molecule has 0 saturated carbocycles. The number of aliphatic carboxylic acids is 1. The fraction of sp³-hybridized carbons (Fsp3) is 0.571. The number of rotatable bonds is 9. The van der Waals surface area contributed by atoms with Crippen molar-refractivity contribution in [2.24, 2.45) is 5.73 Å². The van der Waals surface area contributed by atoms with Crippen molar-refractivity contribution in [3.63, 3.8) is 0 Å². The molecule has 3 rings (SSSR count). The number of carbonyl (C=O) groups excluding carboxylic acids is 2. The van der Waals surface area contributed by atoms with Gasteiger partial charge in [0.2, 0.25) is 11.8 Å². The van der Waals surface area contributed by atoms with E-state index in [9.17, 15) is 19.5 Å². The minimum absolute atomic E-state index is 0.106. The lowest BCUT2D eigenvalue weighted by molar-refractivity contribution is -0.168. The van der Waals surface area contributed by atoms with Crippen LogP contribution in [-0.4, -0.2) is 63.9 Å². The summed E-state index contributed by atoms with van der Waals surface area (Å²) in [6.07, 6.45) is 4.13. The summed E-state index contributed by atoms with van der Waals surface area (Å²) in [5, 5.41) is 9.90. The number of carboxylic acids is 1. The molecule has 7 heteroatoms. The first-order chi connectivity index (χ1) is 13.5. The van der Waals surface area contributed by atoms with E-state index in [-0.39, 0.29) is 11.8 Å². The molecule has 2 saturated heterocycles. The lowest BCUT2D eigenvalue weighted by Crippen LogP contribution is -2.66. The van der Waals surface area contributed by atoms with Gasteiger partial charge in [0, 0.05) is 6.54 Å². The summed E-state index contributed by atoms with van der Waals surface area (Å²) in [5.41, 5.74) is 6.60. The van der Waals surface area contributed by atoms with Crippen LogP contribution in [0.15, 0.2) is 30.3 Å². The number of carbonyl (C=O) groups is 3. The predicted molar refractivity (Wildman–Crippen MR) is 104 cm³/mol. The average Bonchev–Trinajstić information content (AvgIpc) is 3.18. The summed E-state index contributed by atoms with van der Waals surface area (Å²) in [6, 6.07) is 7.41. The molecule has 2 aliphatic heterocycles. The SMILES string of the molecule is NCCCCC1C(=O)N2CCC[C@H]2C(=O)N1[C@H](CCc1ccccc1)C(=O)O. The van der Waals surface area contributed by atoms with E-state index < -0.39 is 24.1 Å². The topological polar surface area (TPSA) is 104 Å². The van der Waals surface area contributed by atoms with E-state index in [0.29, 0.717) is 45.2 Å². The Hall–Kier alpha value is -2.41. The molecule has 3 N–H and O–H groups in total. The smallest absolute Gasteiger partial charge is 0.326 e. The highest BCUT2D eigenvalue weighted by atomic mass is 16.4. The number of amides is 2. The lowest BCUT2D eigenvalue weighted by Gasteiger charge is -2.45. The highest BCUT2D eigenvalue weighted by molar-refractivity contribution is 5.99. The van der Waals surface area contributed by atoms with Crippen molar-refractivity contribution in [2.45, 2.75) is 63.1 Å². The zero-order valence-corrected chi connectivity index (χ0v) is 16.1. The van der Waals surface area contributed by atoms with Crippen LogP contribution in [0.5, 0.6) is 0 Å². The Labute approximate surface area is 165 Å². The van der Waals surface area contributed by atoms with Crippen LogP contribution in [0.2, 0.25) is 0 Å². The number of aryl methyl sites for hydroxylation is 1. The highest BCUT2D eigenvalue weighted by Gasteiger charge is 2.50. The Bertz CT molecular complexity index is 709. The molecule has 2 aliphatic rings. The number of benzene rings is 1. The van der Waals surface area contributed by atoms with Gasteiger partial charge >= 0.3 is 5.97 Å². The van der Waals surface area contributed by atoms with E-state index in [1.807, 2.05) is 30.3 Å². The fourth-order valence-electron chi connectivity index (χ4n) is 4.37. The van der Waals surface area contributed by atoms with Crippen LogP contribution in [0.4, 0.5) is 0 Å². The molecular formula is C21H29N3O4. The van der Waals surface area contributed by atoms with E-state index in [1.54, 1.807) is 4.90 Å². The lowest BCUT2D eigenvalue weighted by atomic mass is 9.95. The molecule has 0 spiro atoms. The second-order valence-corrected chi connectivity index (χ2v) is 7.61. The van der Waals surface area contributed by atoms with Crippen LogP contribution in [0.1, 0.15) is 44.1 Å². The monoisotopic (exact) mass is 387 g/mol. The third-order valence-electron chi connectivity index (χ3n) is 5.80. The number of piperazine rings is 1. The van der Waals surface area contributed by atoms with Crippen molar-refractivity contribution >= 4 is 17.8 Å². The fourth-order valence-corrected chi connectivity index (χ4v) is 4.37. The van der Waals surface area contributed by atoms with Gasteiger partial charge in [-0.2, -0.15) is 0 Å². The Morgan fingerprint density at radius 3 is 2.61 bits per heavy atom. The summed E-state index contributed by atoms with van der Waals surface area (Å²) < 4.78 is 0. The summed E-state index contributed by atoms with van der Waals surface area (Å²) in [7, 11) is 0. The summed E-state index contributed by atoms with van der Waals surface area (Å²) >= 11 is 0. The molecule has 2 fully saturated rings. The number of hydrogen-bond donors (Lipinski definition) is 2. The van der Waals surface area contributed by atoms with Crippen molar-refractivity contribution in [3.05, 3.63) is 35.9 Å². The van der Waals surface area contributed by atoms with E-state index in [4.69, 9.17) is 5.73 Å². The van der Waals surface area contributed by atoms with Gasteiger partial charge in [-0.3, -0.25) is 9.59 Å². The average molecular weight is 387 g/mol. The summed E-state index contributed by atoms with van der Waals surface area (Å²) in [5.74, 6) is -1.37. The maximum Gasteiger partial charge on any atom is 0.326 e. The molecule has 7 nitrogen and oxygen atoms in total. The molecule has 0 radical (unpaired) electrons. The predicted octanol–water partition coefficient (Wildman–Crippen LogP) is 1.40. The number of nitrogens with two attached hydrogens (primary N) is 1. The van der Waals surface area contributed by atoms with Gasteiger partial charge in [0.15, 0.2) is 0 Å². The van der Waals surface area contributed by atoms with Crippen LogP contribution >= 0.6 is 0 Å². The summed E-state index contributed by atoms with van der Waals surface area (Å²) in [6.45, 7) is 1.09. The highest BCUT2D eigenvalue weighted by Crippen LogP contribution is 2.31. The minimum Gasteiger partial charge on any atom is -0.480 e. The van der Waals surface area contributed by atoms with Crippen LogP contribution < -0.4 is 5.73 Å². The Morgan fingerprint density at radius 1 is 1.18 bits per heavy atom. The van der Waals surface area contributed by atoms with E-state index >= 15 is 0 Å². The largest absolute Gasteiger partial charge is 0.480 e. The third-order valence-corrected chi connectivity index (χ3v) is 5.80. The van der Waals surface area contributed by atoms with Crippen molar-refractivity contribution in [3.8, 4) is 0 Å². The number of nitrogens with zero attached hydrogens (tertiary/aromatic N) is 2. The molecule has 1 aromatic rings. The second kappa shape index (κ2) is 9.19. The van der Waals surface area contributed by atoms with Gasteiger partial charge in [0.25, 0.3) is 0 Å². The molecule has 0 bridgehead atoms. The standard InChI is InChI=1S/C21H29N3O4/c22-13-5-4-9-17-19(25)23-14-6-10-16(23)20(26)24(17)18(21(27)28)12-11-15-7-2-1-3-8-15/h1-3,7-8,16-18H,4-6,9-14,22H2,(H,27,28)/t16-,17?,18+/m0/s1. The number of hydrogen-bond acceptors (Lipinski definition) is 4. The summed E-state index contributed by atoms with van der Waals surface area (Å²) in [4.78, 5) is 41.4. The maximum atomic E-state index is 13.2.